The van der Waals surface area contributed by atoms with E-state index in [1.54, 1.807) is 0 Å². The van der Waals surface area contributed by atoms with Crippen LogP contribution in [0.3, 0.4) is 0 Å². The van der Waals surface area contributed by atoms with Crippen LogP contribution in [0.4, 0.5) is 0 Å². The lowest BCUT2D eigenvalue weighted by Crippen LogP contribution is -2.42. The lowest BCUT2D eigenvalue weighted by atomic mass is 10.1. The fraction of sp³-hybridized carbons (Fsp3) is 0.882. The molecule has 1 aliphatic carbocycles. The molecule has 128 valence electrons. The molecule has 3 N–H and O–H groups in total. The Balaban J connectivity index is 2.20. The number of amides is 1. The van der Waals surface area contributed by atoms with E-state index in [1.165, 1.54) is 32.1 Å². The summed E-state index contributed by atoms with van der Waals surface area (Å²) in [6.45, 7) is 8.60. The van der Waals surface area contributed by atoms with Gasteiger partial charge in [0.25, 0.3) is 0 Å². The van der Waals surface area contributed by atoms with Gasteiger partial charge in [-0.05, 0) is 33.1 Å². The monoisotopic (exact) mass is 310 g/mol. The Morgan fingerprint density at radius 2 is 1.95 bits per heavy atom. The van der Waals surface area contributed by atoms with Crippen molar-refractivity contribution in [3.8, 4) is 0 Å². The Morgan fingerprint density at radius 1 is 1.18 bits per heavy atom. The van der Waals surface area contributed by atoms with Gasteiger partial charge in [-0.15, -0.1) is 0 Å². The first kappa shape index (κ1) is 18.8. The third-order valence-electron chi connectivity index (χ3n) is 3.85. The van der Waals surface area contributed by atoms with Crippen LogP contribution >= 0.6 is 0 Å². The predicted molar refractivity (Wildman–Crippen MR) is 93.1 cm³/mol. The SMILES string of the molecule is CCCCCCC(C)NC(=NCCNC(=O)C1CC1)NCC. The Hall–Kier alpha value is -1.26. The van der Waals surface area contributed by atoms with Gasteiger partial charge in [0.05, 0.1) is 6.54 Å². The molecule has 5 nitrogen and oxygen atoms in total. The number of guanidine groups is 1. The lowest BCUT2D eigenvalue weighted by molar-refractivity contribution is -0.122. The number of carbonyl (C=O) groups excluding carboxylic acids is 1. The largest absolute Gasteiger partial charge is 0.357 e. The van der Waals surface area contributed by atoms with Crippen molar-refractivity contribution in [1.82, 2.24) is 16.0 Å². The molecule has 0 spiro atoms. The summed E-state index contributed by atoms with van der Waals surface area (Å²) < 4.78 is 0. The molecule has 0 saturated heterocycles. The van der Waals surface area contributed by atoms with E-state index < -0.39 is 0 Å². The fourth-order valence-electron chi connectivity index (χ4n) is 2.34. The van der Waals surface area contributed by atoms with E-state index in [-0.39, 0.29) is 11.8 Å². The molecule has 0 bridgehead atoms. The highest BCUT2D eigenvalue weighted by molar-refractivity contribution is 5.81. The number of aliphatic imine (C=N–C) groups is 1. The summed E-state index contributed by atoms with van der Waals surface area (Å²) in [6, 6.07) is 0.427. The van der Waals surface area contributed by atoms with Crippen molar-refractivity contribution in [1.29, 1.82) is 0 Å². The number of nitrogens with one attached hydrogen (secondary N) is 3. The van der Waals surface area contributed by atoms with Crippen molar-refractivity contribution < 1.29 is 4.79 Å². The molecule has 1 amide bonds. The second-order valence-corrected chi connectivity index (χ2v) is 6.22. The van der Waals surface area contributed by atoms with Crippen molar-refractivity contribution in [3.05, 3.63) is 0 Å². The highest BCUT2D eigenvalue weighted by atomic mass is 16.2. The summed E-state index contributed by atoms with van der Waals surface area (Å²) in [4.78, 5) is 16.1. The smallest absolute Gasteiger partial charge is 0.223 e. The summed E-state index contributed by atoms with van der Waals surface area (Å²) in [7, 11) is 0. The van der Waals surface area contributed by atoms with E-state index in [0.717, 1.165) is 25.3 Å². The molecule has 5 heteroatoms. The Kier molecular flexibility index (Phi) is 9.67. The van der Waals surface area contributed by atoms with Crippen LogP contribution in [-0.4, -0.2) is 37.5 Å². The van der Waals surface area contributed by atoms with Gasteiger partial charge in [-0.2, -0.15) is 0 Å². The van der Waals surface area contributed by atoms with Gasteiger partial charge in [0.1, 0.15) is 0 Å². The third-order valence-corrected chi connectivity index (χ3v) is 3.85. The van der Waals surface area contributed by atoms with Gasteiger partial charge in [0.2, 0.25) is 5.91 Å². The first-order valence-electron chi connectivity index (χ1n) is 8.99. The Morgan fingerprint density at radius 3 is 2.59 bits per heavy atom. The topological polar surface area (TPSA) is 65.5 Å². The fourth-order valence-corrected chi connectivity index (χ4v) is 2.34. The van der Waals surface area contributed by atoms with Crippen LogP contribution in [0.5, 0.6) is 0 Å². The van der Waals surface area contributed by atoms with Crippen LogP contribution in [0.15, 0.2) is 4.99 Å². The van der Waals surface area contributed by atoms with Gasteiger partial charge in [0.15, 0.2) is 5.96 Å². The molecule has 1 unspecified atom stereocenters. The molecule has 1 fully saturated rings. The van der Waals surface area contributed by atoms with Gasteiger partial charge in [0, 0.05) is 25.0 Å². The number of hydrogen-bond acceptors (Lipinski definition) is 2. The summed E-state index contributed by atoms with van der Waals surface area (Å²) in [5.41, 5.74) is 0. The van der Waals surface area contributed by atoms with E-state index in [9.17, 15) is 4.79 Å². The first-order valence-corrected chi connectivity index (χ1v) is 8.99. The van der Waals surface area contributed by atoms with Crippen LogP contribution in [0.1, 0.15) is 65.7 Å². The van der Waals surface area contributed by atoms with Crippen LogP contribution < -0.4 is 16.0 Å². The molecule has 0 heterocycles. The maximum atomic E-state index is 11.5. The minimum atomic E-state index is 0.192. The van der Waals surface area contributed by atoms with Gasteiger partial charge in [-0.3, -0.25) is 9.79 Å². The van der Waals surface area contributed by atoms with E-state index in [0.29, 0.717) is 19.1 Å². The van der Waals surface area contributed by atoms with Gasteiger partial charge in [-0.1, -0.05) is 32.6 Å². The molecule has 0 aromatic rings. The van der Waals surface area contributed by atoms with Crippen LogP contribution in [-0.2, 0) is 4.79 Å². The van der Waals surface area contributed by atoms with Crippen LogP contribution in [0.2, 0.25) is 0 Å². The summed E-state index contributed by atoms with van der Waals surface area (Å²) >= 11 is 0. The molecule has 1 saturated carbocycles. The second kappa shape index (κ2) is 11.3. The van der Waals surface area contributed by atoms with Crippen LogP contribution in [0, 0.1) is 5.92 Å². The summed E-state index contributed by atoms with van der Waals surface area (Å²) in [6.07, 6.45) is 8.44. The normalized spacial score (nSPS) is 16.2. The number of unbranched alkanes of at least 4 members (excludes halogenated alkanes) is 3. The molecule has 1 atom stereocenters. The zero-order chi connectivity index (χ0) is 16.2. The van der Waals surface area contributed by atoms with Crippen molar-refractivity contribution in [2.24, 2.45) is 10.9 Å². The van der Waals surface area contributed by atoms with Gasteiger partial charge < -0.3 is 16.0 Å². The molecule has 0 aromatic carbocycles. The van der Waals surface area contributed by atoms with E-state index in [2.05, 4.69) is 41.7 Å². The highest BCUT2D eigenvalue weighted by Crippen LogP contribution is 2.28. The third kappa shape index (κ3) is 8.90. The first-order chi connectivity index (χ1) is 10.7. The maximum Gasteiger partial charge on any atom is 0.223 e. The second-order valence-electron chi connectivity index (χ2n) is 6.22. The van der Waals surface area contributed by atoms with Crippen molar-refractivity contribution >= 4 is 11.9 Å². The molecular weight excluding hydrogens is 276 g/mol. The quantitative estimate of drug-likeness (QED) is 0.312. The summed E-state index contributed by atoms with van der Waals surface area (Å²) in [5, 5.41) is 9.65. The number of rotatable bonds is 11. The molecular formula is C17H34N4O. The van der Waals surface area contributed by atoms with Crippen molar-refractivity contribution in [3.63, 3.8) is 0 Å². The van der Waals surface area contributed by atoms with Crippen molar-refractivity contribution in [2.75, 3.05) is 19.6 Å². The standard InChI is InChI=1S/C17H34N4O/c1-4-6-7-8-9-14(3)21-17(18-5-2)20-13-12-19-16(22)15-10-11-15/h14-15H,4-13H2,1-3H3,(H,19,22)(H2,18,20,21). The van der Waals surface area contributed by atoms with E-state index in [4.69, 9.17) is 0 Å². The minimum Gasteiger partial charge on any atom is -0.357 e. The molecule has 1 aliphatic rings. The molecule has 0 radical (unpaired) electrons. The Labute approximate surface area is 135 Å². The Bertz CT molecular complexity index is 340. The van der Waals surface area contributed by atoms with Crippen molar-refractivity contribution in [2.45, 2.75) is 71.8 Å². The zero-order valence-corrected chi connectivity index (χ0v) is 14.6. The van der Waals surface area contributed by atoms with Gasteiger partial charge in [-0.25, -0.2) is 0 Å². The molecule has 0 aliphatic heterocycles. The van der Waals surface area contributed by atoms with Gasteiger partial charge >= 0.3 is 0 Å². The average molecular weight is 310 g/mol. The number of carbonyl (C=O) groups is 1. The number of nitrogens with zero attached hydrogens (tertiary/aromatic N) is 1. The maximum absolute atomic E-state index is 11.5. The molecule has 0 aromatic heterocycles. The molecule has 1 rings (SSSR count). The van der Waals surface area contributed by atoms with Crippen LogP contribution in [0.25, 0.3) is 0 Å². The zero-order valence-electron chi connectivity index (χ0n) is 14.6. The highest BCUT2D eigenvalue weighted by Gasteiger charge is 2.28. The predicted octanol–water partition coefficient (Wildman–Crippen LogP) is 2.43. The number of hydrogen-bond donors (Lipinski definition) is 3. The van der Waals surface area contributed by atoms with E-state index in [1.807, 2.05) is 0 Å². The average Bonchev–Trinajstić information content (AvgIpc) is 3.32. The lowest BCUT2D eigenvalue weighted by Gasteiger charge is -2.17. The summed E-state index contributed by atoms with van der Waals surface area (Å²) in [5.74, 6) is 1.32. The minimum absolute atomic E-state index is 0.192. The van der Waals surface area contributed by atoms with E-state index >= 15 is 0 Å². The molecule has 22 heavy (non-hydrogen) atoms.